The number of ether oxygens (including phenoxy) is 2. The standard InChI is InChI=1S/C19H22O3/c1-3-14-22-19-16(10-7-11-18(19)21-2)12-13-17(20)15-8-5-4-6-9-15/h4-11H,3,12-14H2,1-2H3. The molecule has 0 aliphatic heterocycles. The Bertz CT molecular complexity index is 605. The van der Waals surface area contributed by atoms with Crippen LogP contribution in [0, 0.1) is 0 Å². The number of methoxy groups -OCH3 is 1. The Kier molecular flexibility index (Phi) is 6.01. The van der Waals surface area contributed by atoms with Gasteiger partial charge in [0.1, 0.15) is 0 Å². The smallest absolute Gasteiger partial charge is 0.164 e. The van der Waals surface area contributed by atoms with Crippen LogP contribution in [0.4, 0.5) is 0 Å². The molecule has 0 saturated carbocycles. The highest BCUT2D eigenvalue weighted by molar-refractivity contribution is 5.96. The van der Waals surface area contributed by atoms with E-state index in [0.29, 0.717) is 19.4 Å². The van der Waals surface area contributed by atoms with Crippen LogP contribution in [-0.4, -0.2) is 19.5 Å². The molecule has 0 atom stereocenters. The highest BCUT2D eigenvalue weighted by atomic mass is 16.5. The lowest BCUT2D eigenvalue weighted by molar-refractivity contribution is 0.0982. The molecule has 0 radical (unpaired) electrons. The van der Waals surface area contributed by atoms with E-state index in [2.05, 4.69) is 6.92 Å². The van der Waals surface area contributed by atoms with Gasteiger partial charge in [-0.25, -0.2) is 0 Å². The van der Waals surface area contributed by atoms with Gasteiger partial charge in [0.25, 0.3) is 0 Å². The van der Waals surface area contributed by atoms with E-state index in [4.69, 9.17) is 9.47 Å². The molecule has 0 heterocycles. The fraction of sp³-hybridized carbons (Fsp3) is 0.316. The molecule has 22 heavy (non-hydrogen) atoms. The predicted octanol–water partition coefficient (Wildman–Crippen LogP) is 4.30. The molecular formula is C19H22O3. The first-order valence-corrected chi connectivity index (χ1v) is 7.63. The van der Waals surface area contributed by atoms with Gasteiger partial charge in [-0.2, -0.15) is 0 Å². The summed E-state index contributed by atoms with van der Waals surface area (Å²) in [7, 11) is 1.63. The molecule has 0 amide bonds. The first kappa shape index (κ1) is 16.1. The monoisotopic (exact) mass is 298 g/mol. The summed E-state index contributed by atoms with van der Waals surface area (Å²) in [6.07, 6.45) is 2.03. The van der Waals surface area contributed by atoms with Crippen LogP contribution in [0.1, 0.15) is 35.7 Å². The number of Topliss-reactive ketones (excluding diaryl/α,β-unsaturated/α-hetero) is 1. The third-order valence-corrected chi connectivity index (χ3v) is 3.45. The van der Waals surface area contributed by atoms with Crippen LogP contribution in [0.15, 0.2) is 48.5 Å². The molecule has 0 spiro atoms. The molecule has 0 aliphatic carbocycles. The van der Waals surface area contributed by atoms with Gasteiger partial charge in [0, 0.05) is 12.0 Å². The molecule has 0 unspecified atom stereocenters. The van der Waals surface area contributed by atoms with Crippen molar-refractivity contribution in [2.45, 2.75) is 26.2 Å². The molecule has 2 aromatic carbocycles. The summed E-state index contributed by atoms with van der Waals surface area (Å²) in [4.78, 5) is 12.2. The molecule has 2 rings (SSSR count). The molecule has 0 saturated heterocycles. The van der Waals surface area contributed by atoms with E-state index >= 15 is 0 Å². The number of carbonyl (C=O) groups is 1. The number of ketones is 1. The number of aryl methyl sites for hydroxylation is 1. The molecule has 3 heteroatoms. The normalized spacial score (nSPS) is 10.3. The molecule has 2 aromatic rings. The van der Waals surface area contributed by atoms with Gasteiger partial charge in [-0.05, 0) is 24.5 Å². The van der Waals surface area contributed by atoms with Gasteiger partial charge in [0.2, 0.25) is 0 Å². The average molecular weight is 298 g/mol. The maximum absolute atomic E-state index is 12.2. The van der Waals surface area contributed by atoms with Crippen LogP contribution in [0.2, 0.25) is 0 Å². The van der Waals surface area contributed by atoms with E-state index in [1.807, 2.05) is 48.5 Å². The van der Waals surface area contributed by atoms with Gasteiger partial charge in [-0.3, -0.25) is 4.79 Å². The lowest BCUT2D eigenvalue weighted by Gasteiger charge is -2.14. The van der Waals surface area contributed by atoms with Crippen LogP contribution in [-0.2, 0) is 6.42 Å². The summed E-state index contributed by atoms with van der Waals surface area (Å²) in [5, 5.41) is 0. The van der Waals surface area contributed by atoms with Crippen LogP contribution >= 0.6 is 0 Å². The lowest BCUT2D eigenvalue weighted by atomic mass is 10.0. The first-order valence-electron chi connectivity index (χ1n) is 7.63. The van der Waals surface area contributed by atoms with Gasteiger partial charge in [-0.15, -0.1) is 0 Å². The average Bonchev–Trinajstić information content (AvgIpc) is 2.58. The van der Waals surface area contributed by atoms with Crippen molar-refractivity contribution < 1.29 is 14.3 Å². The fourth-order valence-corrected chi connectivity index (χ4v) is 2.30. The van der Waals surface area contributed by atoms with Gasteiger partial charge >= 0.3 is 0 Å². The van der Waals surface area contributed by atoms with E-state index in [0.717, 1.165) is 29.0 Å². The summed E-state index contributed by atoms with van der Waals surface area (Å²) < 4.78 is 11.2. The van der Waals surface area contributed by atoms with E-state index in [-0.39, 0.29) is 5.78 Å². The summed E-state index contributed by atoms with van der Waals surface area (Å²) in [6, 6.07) is 15.2. The zero-order valence-electron chi connectivity index (χ0n) is 13.2. The van der Waals surface area contributed by atoms with Crippen LogP contribution in [0.25, 0.3) is 0 Å². The van der Waals surface area contributed by atoms with Crippen LogP contribution in [0.5, 0.6) is 11.5 Å². The second kappa shape index (κ2) is 8.23. The molecule has 0 aliphatic rings. The van der Waals surface area contributed by atoms with Crippen LogP contribution < -0.4 is 9.47 Å². The second-order valence-corrected chi connectivity index (χ2v) is 5.09. The first-order chi connectivity index (χ1) is 10.8. The number of hydrogen-bond acceptors (Lipinski definition) is 3. The molecule has 116 valence electrons. The maximum Gasteiger partial charge on any atom is 0.164 e. The summed E-state index contributed by atoms with van der Waals surface area (Å²) in [5.74, 6) is 1.62. The number of benzene rings is 2. The van der Waals surface area contributed by atoms with E-state index in [1.165, 1.54) is 0 Å². The molecule has 3 nitrogen and oxygen atoms in total. The Morgan fingerprint density at radius 3 is 2.50 bits per heavy atom. The summed E-state index contributed by atoms with van der Waals surface area (Å²) in [6.45, 7) is 2.70. The van der Waals surface area contributed by atoms with Crippen molar-refractivity contribution in [1.29, 1.82) is 0 Å². The maximum atomic E-state index is 12.2. The van der Waals surface area contributed by atoms with Crippen molar-refractivity contribution in [2.24, 2.45) is 0 Å². The molecule has 0 bridgehead atoms. The minimum Gasteiger partial charge on any atom is -0.493 e. The van der Waals surface area contributed by atoms with Gasteiger partial charge in [0.15, 0.2) is 17.3 Å². The van der Waals surface area contributed by atoms with Gasteiger partial charge in [0.05, 0.1) is 13.7 Å². The molecular weight excluding hydrogens is 276 g/mol. The lowest BCUT2D eigenvalue weighted by Crippen LogP contribution is -2.05. The zero-order valence-corrected chi connectivity index (χ0v) is 13.2. The van der Waals surface area contributed by atoms with Crippen molar-refractivity contribution in [1.82, 2.24) is 0 Å². The predicted molar refractivity (Wildman–Crippen MR) is 87.9 cm³/mol. The van der Waals surface area contributed by atoms with E-state index < -0.39 is 0 Å². The quantitative estimate of drug-likeness (QED) is 0.682. The largest absolute Gasteiger partial charge is 0.493 e. The highest BCUT2D eigenvalue weighted by Crippen LogP contribution is 2.32. The summed E-state index contributed by atoms with van der Waals surface area (Å²) >= 11 is 0. The van der Waals surface area contributed by atoms with Crippen molar-refractivity contribution in [3.63, 3.8) is 0 Å². The number of rotatable bonds is 8. The van der Waals surface area contributed by atoms with Gasteiger partial charge in [-0.1, -0.05) is 49.4 Å². The van der Waals surface area contributed by atoms with Crippen molar-refractivity contribution in [3.05, 3.63) is 59.7 Å². The third-order valence-electron chi connectivity index (χ3n) is 3.45. The Morgan fingerprint density at radius 1 is 1.05 bits per heavy atom. The van der Waals surface area contributed by atoms with Crippen molar-refractivity contribution in [2.75, 3.05) is 13.7 Å². The minimum atomic E-state index is 0.143. The third kappa shape index (κ3) is 4.10. The number of hydrogen-bond donors (Lipinski definition) is 0. The fourth-order valence-electron chi connectivity index (χ4n) is 2.30. The zero-order chi connectivity index (χ0) is 15.8. The molecule has 0 fully saturated rings. The second-order valence-electron chi connectivity index (χ2n) is 5.09. The Balaban J connectivity index is 2.10. The molecule has 0 aromatic heterocycles. The highest BCUT2D eigenvalue weighted by Gasteiger charge is 2.12. The topological polar surface area (TPSA) is 35.5 Å². The van der Waals surface area contributed by atoms with Gasteiger partial charge < -0.3 is 9.47 Å². The van der Waals surface area contributed by atoms with E-state index in [9.17, 15) is 4.79 Å². The minimum absolute atomic E-state index is 0.143. The van der Waals surface area contributed by atoms with Crippen LogP contribution in [0.3, 0.4) is 0 Å². The number of para-hydroxylation sites is 1. The Morgan fingerprint density at radius 2 is 1.82 bits per heavy atom. The van der Waals surface area contributed by atoms with Crippen molar-refractivity contribution in [3.8, 4) is 11.5 Å². The molecule has 0 N–H and O–H groups in total. The Hall–Kier alpha value is -2.29. The van der Waals surface area contributed by atoms with Crippen molar-refractivity contribution >= 4 is 5.78 Å². The number of carbonyl (C=O) groups excluding carboxylic acids is 1. The Labute approximate surface area is 131 Å². The summed E-state index contributed by atoms with van der Waals surface area (Å²) in [5.41, 5.74) is 1.76. The SMILES string of the molecule is CCCOc1c(CCC(=O)c2ccccc2)cccc1OC. The van der Waals surface area contributed by atoms with E-state index in [1.54, 1.807) is 7.11 Å².